The molecule has 0 aliphatic heterocycles. The average Bonchev–Trinajstić information content (AvgIpc) is 3.12. The molecule has 0 saturated heterocycles. The van der Waals surface area contributed by atoms with Crippen molar-refractivity contribution in [1.82, 2.24) is 4.98 Å². The second-order valence-electron chi connectivity index (χ2n) is 5.55. The summed E-state index contributed by atoms with van der Waals surface area (Å²) in [6.45, 7) is 5.87. The van der Waals surface area contributed by atoms with Crippen molar-refractivity contribution in [3.8, 4) is 0 Å². The van der Waals surface area contributed by atoms with Gasteiger partial charge in [-0.1, -0.05) is 6.07 Å². The van der Waals surface area contributed by atoms with Crippen molar-refractivity contribution >= 4 is 16.9 Å². The van der Waals surface area contributed by atoms with Crippen molar-refractivity contribution in [2.24, 2.45) is 0 Å². The Hall–Kier alpha value is -1.90. The first-order valence-corrected chi connectivity index (χ1v) is 6.63. The lowest BCUT2D eigenvalue weighted by Crippen LogP contribution is -2.07. The van der Waals surface area contributed by atoms with Gasteiger partial charge in [-0.05, 0) is 56.4 Å². The van der Waals surface area contributed by atoms with E-state index in [4.69, 9.17) is 4.98 Å². The van der Waals surface area contributed by atoms with Crippen molar-refractivity contribution in [1.29, 1.82) is 0 Å². The van der Waals surface area contributed by atoms with Crippen LogP contribution in [-0.2, 0) is 0 Å². The van der Waals surface area contributed by atoms with Crippen molar-refractivity contribution < 1.29 is 9.90 Å². The number of fused-ring (bicyclic) bond motifs is 1. The van der Waals surface area contributed by atoms with E-state index in [1.165, 1.54) is 0 Å². The molecule has 0 atom stereocenters. The first kappa shape index (κ1) is 12.2. The molecule has 1 fully saturated rings. The summed E-state index contributed by atoms with van der Waals surface area (Å²) in [4.78, 5) is 16.4. The number of benzene rings is 1. The Labute approximate surface area is 112 Å². The molecule has 3 nitrogen and oxygen atoms in total. The summed E-state index contributed by atoms with van der Waals surface area (Å²) >= 11 is 0. The normalized spacial score (nSPS) is 14.9. The summed E-state index contributed by atoms with van der Waals surface area (Å²) in [6.07, 6.45) is 2.26. The number of pyridine rings is 1. The molecular formula is C16H17NO2. The third-order valence-corrected chi connectivity index (χ3v) is 3.89. The Balaban J connectivity index is 2.44. The maximum absolute atomic E-state index is 11.6. The lowest BCUT2D eigenvalue weighted by atomic mass is 9.95. The van der Waals surface area contributed by atoms with E-state index in [9.17, 15) is 9.90 Å². The number of nitrogens with zero attached hydrogens (tertiary/aromatic N) is 1. The van der Waals surface area contributed by atoms with E-state index in [2.05, 4.69) is 0 Å². The number of rotatable bonds is 2. The van der Waals surface area contributed by atoms with E-state index in [0.29, 0.717) is 11.5 Å². The summed E-state index contributed by atoms with van der Waals surface area (Å²) in [5, 5.41) is 10.3. The summed E-state index contributed by atoms with van der Waals surface area (Å²) in [7, 11) is 0. The monoisotopic (exact) mass is 255 g/mol. The van der Waals surface area contributed by atoms with Crippen LogP contribution in [0.5, 0.6) is 0 Å². The van der Waals surface area contributed by atoms with Crippen molar-refractivity contribution in [2.75, 3.05) is 0 Å². The van der Waals surface area contributed by atoms with Gasteiger partial charge < -0.3 is 5.11 Å². The Morgan fingerprint density at radius 1 is 1.26 bits per heavy atom. The molecule has 0 unspecified atom stereocenters. The molecule has 1 aliphatic carbocycles. The molecule has 1 N–H and O–H groups in total. The zero-order valence-corrected chi connectivity index (χ0v) is 11.4. The molecule has 3 heteroatoms. The molecule has 0 amide bonds. The summed E-state index contributed by atoms with van der Waals surface area (Å²) in [5.41, 5.74) is 5.20. The molecule has 1 aromatic carbocycles. The topological polar surface area (TPSA) is 50.2 Å². The average molecular weight is 255 g/mol. The fraction of sp³-hybridized carbons (Fsp3) is 0.375. The fourth-order valence-electron chi connectivity index (χ4n) is 2.91. The minimum Gasteiger partial charge on any atom is -0.478 e. The number of aromatic nitrogens is 1. The van der Waals surface area contributed by atoms with Crippen LogP contribution >= 0.6 is 0 Å². The van der Waals surface area contributed by atoms with Crippen LogP contribution in [0, 0.1) is 20.8 Å². The number of hydrogen-bond donors (Lipinski definition) is 1. The number of carboxylic acids is 1. The molecule has 2 aromatic rings. The molecular weight excluding hydrogens is 238 g/mol. The van der Waals surface area contributed by atoms with Crippen molar-refractivity contribution in [3.63, 3.8) is 0 Å². The standard InChI is InChI=1S/C16H17NO2/c1-8-6-9(2)13-12(7-8)17-15(11-4-5-11)10(3)14(13)16(18)19/h6-7,11H,4-5H2,1-3H3,(H,18,19). The highest BCUT2D eigenvalue weighted by molar-refractivity contribution is 6.05. The third-order valence-electron chi connectivity index (χ3n) is 3.89. The lowest BCUT2D eigenvalue weighted by Gasteiger charge is -2.13. The number of carbonyl (C=O) groups is 1. The molecule has 3 rings (SSSR count). The first-order chi connectivity index (χ1) is 8.99. The first-order valence-electron chi connectivity index (χ1n) is 6.63. The second kappa shape index (κ2) is 4.05. The molecule has 0 bridgehead atoms. The van der Waals surface area contributed by atoms with Gasteiger partial charge in [-0.2, -0.15) is 0 Å². The number of hydrogen-bond acceptors (Lipinski definition) is 2. The van der Waals surface area contributed by atoms with Crippen LogP contribution in [0.4, 0.5) is 0 Å². The smallest absolute Gasteiger partial charge is 0.336 e. The molecule has 0 radical (unpaired) electrons. The van der Waals surface area contributed by atoms with Crippen LogP contribution < -0.4 is 0 Å². The van der Waals surface area contributed by atoms with E-state index >= 15 is 0 Å². The van der Waals surface area contributed by atoms with E-state index in [0.717, 1.165) is 46.1 Å². The predicted octanol–water partition coefficient (Wildman–Crippen LogP) is 3.74. The predicted molar refractivity (Wildman–Crippen MR) is 74.9 cm³/mol. The number of aromatic carboxylic acids is 1. The summed E-state index contributed by atoms with van der Waals surface area (Å²) in [5.74, 6) is -0.387. The van der Waals surface area contributed by atoms with Crippen LogP contribution in [-0.4, -0.2) is 16.1 Å². The Morgan fingerprint density at radius 2 is 1.95 bits per heavy atom. The van der Waals surface area contributed by atoms with E-state index in [1.54, 1.807) is 0 Å². The maximum Gasteiger partial charge on any atom is 0.336 e. The minimum absolute atomic E-state index is 0.435. The quantitative estimate of drug-likeness (QED) is 0.889. The number of carboxylic acid groups (broad SMARTS) is 1. The fourth-order valence-corrected chi connectivity index (χ4v) is 2.91. The van der Waals surface area contributed by atoms with Crippen LogP contribution in [0.3, 0.4) is 0 Å². The van der Waals surface area contributed by atoms with Gasteiger partial charge >= 0.3 is 5.97 Å². The highest BCUT2D eigenvalue weighted by atomic mass is 16.4. The highest BCUT2D eigenvalue weighted by Crippen LogP contribution is 2.42. The molecule has 1 aromatic heterocycles. The van der Waals surface area contributed by atoms with Gasteiger partial charge in [0.05, 0.1) is 11.1 Å². The van der Waals surface area contributed by atoms with Gasteiger partial charge in [0.1, 0.15) is 0 Å². The van der Waals surface area contributed by atoms with Crippen LogP contribution in [0.25, 0.3) is 10.9 Å². The Kier molecular flexibility index (Phi) is 2.59. The molecule has 0 spiro atoms. The Bertz CT molecular complexity index is 700. The molecule has 19 heavy (non-hydrogen) atoms. The second-order valence-corrected chi connectivity index (χ2v) is 5.55. The maximum atomic E-state index is 11.6. The molecule has 1 heterocycles. The third kappa shape index (κ3) is 1.89. The van der Waals surface area contributed by atoms with Gasteiger partial charge in [0.15, 0.2) is 0 Å². The minimum atomic E-state index is -0.848. The van der Waals surface area contributed by atoms with Gasteiger partial charge in [0.2, 0.25) is 0 Å². The molecule has 1 saturated carbocycles. The van der Waals surface area contributed by atoms with Gasteiger partial charge in [-0.3, -0.25) is 4.98 Å². The molecule has 1 aliphatic rings. The van der Waals surface area contributed by atoms with E-state index in [-0.39, 0.29) is 0 Å². The van der Waals surface area contributed by atoms with Crippen LogP contribution in [0.15, 0.2) is 12.1 Å². The summed E-state index contributed by atoms with van der Waals surface area (Å²) in [6, 6.07) is 4.01. The van der Waals surface area contributed by atoms with E-state index in [1.807, 2.05) is 32.9 Å². The SMILES string of the molecule is Cc1cc(C)c2c(C(=O)O)c(C)c(C3CC3)nc2c1. The Morgan fingerprint density at radius 3 is 2.53 bits per heavy atom. The van der Waals surface area contributed by atoms with E-state index < -0.39 is 5.97 Å². The summed E-state index contributed by atoms with van der Waals surface area (Å²) < 4.78 is 0. The zero-order valence-electron chi connectivity index (χ0n) is 11.4. The highest BCUT2D eigenvalue weighted by Gasteiger charge is 2.30. The lowest BCUT2D eigenvalue weighted by molar-refractivity contribution is 0.0698. The van der Waals surface area contributed by atoms with Crippen molar-refractivity contribution in [2.45, 2.75) is 39.5 Å². The molecule has 98 valence electrons. The number of aryl methyl sites for hydroxylation is 2. The van der Waals surface area contributed by atoms with Crippen LogP contribution in [0.1, 0.15) is 51.5 Å². The zero-order chi connectivity index (χ0) is 13.7. The largest absolute Gasteiger partial charge is 0.478 e. The van der Waals surface area contributed by atoms with Gasteiger partial charge in [-0.25, -0.2) is 4.79 Å². The van der Waals surface area contributed by atoms with Gasteiger partial charge in [-0.15, -0.1) is 0 Å². The van der Waals surface area contributed by atoms with Crippen molar-refractivity contribution in [3.05, 3.63) is 40.1 Å². The van der Waals surface area contributed by atoms with Gasteiger partial charge in [0, 0.05) is 17.0 Å². The van der Waals surface area contributed by atoms with Crippen LogP contribution in [0.2, 0.25) is 0 Å². The van der Waals surface area contributed by atoms with Gasteiger partial charge in [0.25, 0.3) is 0 Å².